The number of phosphoric acid groups is 1. The first kappa shape index (κ1) is 43.5. The fourth-order valence-corrected chi connectivity index (χ4v) is 8.39. The van der Waals surface area contributed by atoms with Crippen molar-refractivity contribution in [1.29, 1.82) is 0 Å². The summed E-state index contributed by atoms with van der Waals surface area (Å²) in [6.07, 6.45) is -1.39. The first-order chi connectivity index (χ1) is 24.0. The molecule has 0 bridgehead atoms. The number of imide groups is 1. The molecule has 1 aromatic carbocycles. The smallest absolute Gasteiger partial charge is 0.443 e. The summed E-state index contributed by atoms with van der Waals surface area (Å²) in [5.74, 6) is -0.180. The average Bonchev–Trinajstić information content (AvgIpc) is 3.28. The lowest BCUT2D eigenvalue weighted by atomic mass is 10.00. The summed E-state index contributed by atoms with van der Waals surface area (Å²) in [7, 11) is -4.19. The van der Waals surface area contributed by atoms with Crippen molar-refractivity contribution < 1.29 is 46.4 Å². The number of halogens is 1. The molecule has 3 rings (SSSR count). The number of alkyl halides is 1. The molecule has 1 saturated heterocycles. The number of rotatable bonds is 13. The Hall–Kier alpha value is -2.91. The Labute approximate surface area is 313 Å². The number of carbonyl (C=O) groups excluding carboxylic acids is 3. The number of anilines is 1. The summed E-state index contributed by atoms with van der Waals surface area (Å²) in [6, 6.07) is 9.60. The number of carbonyl (C=O) groups is 3. The number of amides is 2. The largest absolute Gasteiger partial charge is 0.530 e. The molecule has 1 aliphatic rings. The minimum Gasteiger partial charge on any atom is -0.443 e. The van der Waals surface area contributed by atoms with E-state index in [-0.39, 0.29) is 29.9 Å². The van der Waals surface area contributed by atoms with Crippen molar-refractivity contribution >= 4 is 54.5 Å². The van der Waals surface area contributed by atoms with Crippen LogP contribution in [0.3, 0.4) is 0 Å². The maximum absolute atomic E-state index is 15.8. The molecule has 2 amide bonds. The molecule has 290 valence electrons. The van der Waals surface area contributed by atoms with Gasteiger partial charge in [0.25, 0.3) is 0 Å². The lowest BCUT2D eigenvalue weighted by Crippen LogP contribution is -2.45. The number of thioether (sulfide) groups is 2. The van der Waals surface area contributed by atoms with Crippen LogP contribution in [0.1, 0.15) is 87.5 Å². The maximum atomic E-state index is 15.8. The van der Waals surface area contributed by atoms with Crippen LogP contribution in [0.5, 0.6) is 5.75 Å². The molecule has 0 aliphatic carbocycles. The van der Waals surface area contributed by atoms with Crippen molar-refractivity contribution in [3.63, 3.8) is 0 Å². The number of para-hydroxylation sites is 1. The van der Waals surface area contributed by atoms with Crippen molar-refractivity contribution in [3.05, 3.63) is 53.1 Å². The highest BCUT2D eigenvalue weighted by Gasteiger charge is 2.45. The summed E-state index contributed by atoms with van der Waals surface area (Å²) >= 11 is 2.32. The van der Waals surface area contributed by atoms with Crippen LogP contribution in [0, 0.1) is 11.3 Å². The highest BCUT2D eigenvalue weighted by molar-refractivity contribution is 8.13. The molecule has 5 atom stereocenters. The summed E-state index contributed by atoms with van der Waals surface area (Å²) < 4.78 is 58.5. The van der Waals surface area contributed by atoms with Gasteiger partial charge in [-0.2, -0.15) is 9.88 Å². The van der Waals surface area contributed by atoms with Gasteiger partial charge >= 0.3 is 25.7 Å². The third kappa shape index (κ3) is 13.2. The first-order valence-electron chi connectivity index (χ1n) is 17.0. The molecule has 13 nitrogen and oxygen atoms in total. The number of phosphoric ester groups is 1. The molecule has 1 unspecified atom stereocenters. The Kier molecular flexibility index (Phi) is 15.0. The summed E-state index contributed by atoms with van der Waals surface area (Å²) in [5, 5.41) is -1.56. The van der Waals surface area contributed by atoms with E-state index in [2.05, 4.69) is 4.98 Å². The van der Waals surface area contributed by atoms with Crippen LogP contribution in [0.4, 0.5) is 19.8 Å². The normalized spacial score (nSPS) is 20.5. The van der Waals surface area contributed by atoms with E-state index in [1.807, 2.05) is 20.8 Å². The van der Waals surface area contributed by atoms with Gasteiger partial charge in [-0.3, -0.25) is 18.4 Å². The van der Waals surface area contributed by atoms with Crippen molar-refractivity contribution in [3.8, 4) is 5.75 Å². The van der Waals surface area contributed by atoms with Crippen molar-refractivity contribution in [2.24, 2.45) is 11.3 Å². The molecular formula is C35H51FN3O10PS2. The quantitative estimate of drug-likeness (QED) is 0.141. The second-order valence-electron chi connectivity index (χ2n) is 15.2. The van der Waals surface area contributed by atoms with E-state index in [4.69, 9.17) is 23.0 Å². The standard InChI is InChI=1S/C35H51FN3O10PS2/c1-23-25(22-46-50(44,49-24-16-12-11-13-17-24)45-20-14-15-21-51-29(40)33(2,3)4)52-28(27(23)36)38-19-18-26(37-30(38)41)39(31(42)47-34(5,6)7)32(43)48-35(8,9)10/h11-13,16-19,23,25,27-28H,14-15,20-22H2,1-10H3/t23-,25-,27+,28-,50?/m1/s1. The van der Waals surface area contributed by atoms with E-state index in [0.29, 0.717) is 23.5 Å². The zero-order valence-electron chi connectivity index (χ0n) is 31.5. The number of unbranched alkanes of at least 4 members (excludes halogenated alkanes) is 1. The van der Waals surface area contributed by atoms with E-state index < -0.39 is 65.0 Å². The topological polar surface area (TPSA) is 153 Å². The zero-order valence-corrected chi connectivity index (χ0v) is 34.0. The fraction of sp³-hybridized carbons (Fsp3) is 0.629. The highest BCUT2D eigenvalue weighted by atomic mass is 32.2. The number of ether oxygens (including phenoxy) is 2. The molecule has 2 aromatic rings. The fourth-order valence-electron chi connectivity index (χ4n) is 4.48. The van der Waals surface area contributed by atoms with Gasteiger partial charge < -0.3 is 14.0 Å². The summed E-state index contributed by atoms with van der Waals surface area (Å²) in [4.78, 5) is 56.0. The Bertz CT molecular complexity index is 1610. The van der Waals surface area contributed by atoms with Gasteiger partial charge in [0.15, 0.2) is 10.9 Å². The Morgan fingerprint density at radius 3 is 2.08 bits per heavy atom. The lowest BCUT2D eigenvalue weighted by molar-refractivity contribution is -0.117. The van der Waals surface area contributed by atoms with Crippen molar-refractivity contribution in [2.45, 2.75) is 110 Å². The molecule has 2 heterocycles. The Morgan fingerprint density at radius 1 is 0.942 bits per heavy atom. The second-order valence-corrected chi connectivity index (χ2v) is 19.2. The molecule has 1 aromatic heterocycles. The Balaban J connectivity index is 1.74. The number of hydrogen-bond acceptors (Lipinski definition) is 13. The van der Waals surface area contributed by atoms with Crippen LogP contribution in [0.15, 0.2) is 47.4 Å². The van der Waals surface area contributed by atoms with E-state index in [1.54, 1.807) is 78.8 Å². The number of aromatic nitrogens is 2. The van der Waals surface area contributed by atoms with E-state index in [0.717, 1.165) is 16.3 Å². The monoisotopic (exact) mass is 787 g/mol. The molecule has 1 aliphatic heterocycles. The third-order valence-electron chi connectivity index (χ3n) is 7.14. The minimum atomic E-state index is -4.19. The summed E-state index contributed by atoms with van der Waals surface area (Å²) in [5.41, 5.74) is -3.32. The molecule has 0 N–H and O–H groups in total. The highest BCUT2D eigenvalue weighted by Crippen LogP contribution is 2.53. The van der Waals surface area contributed by atoms with Crippen LogP contribution in [-0.2, 0) is 27.9 Å². The SMILES string of the molecule is C[C@H]1[C@H](F)[C@H](n2ccc(N(C(=O)OC(C)(C)C)C(=O)OC(C)(C)C)nc2=O)S[C@@H]1COP(=O)(OCCCCSC(=O)C(C)(C)C)Oc1ccccc1. The van der Waals surface area contributed by atoms with Crippen LogP contribution in [0.25, 0.3) is 0 Å². The van der Waals surface area contributed by atoms with Gasteiger partial charge in [0.1, 0.15) is 28.5 Å². The van der Waals surface area contributed by atoms with Gasteiger partial charge in [-0.1, -0.05) is 57.7 Å². The minimum absolute atomic E-state index is 0.0348. The van der Waals surface area contributed by atoms with Crippen molar-refractivity contribution in [1.82, 2.24) is 9.55 Å². The van der Waals surface area contributed by atoms with Gasteiger partial charge in [0.2, 0.25) is 0 Å². The first-order valence-corrected chi connectivity index (χ1v) is 20.3. The van der Waals surface area contributed by atoms with Gasteiger partial charge in [0.05, 0.1) is 13.2 Å². The molecule has 17 heteroatoms. The second kappa shape index (κ2) is 17.9. The van der Waals surface area contributed by atoms with Gasteiger partial charge in [-0.05, 0) is 72.6 Å². The van der Waals surface area contributed by atoms with Crippen molar-refractivity contribution in [2.75, 3.05) is 23.9 Å². The van der Waals surface area contributed by atoms with Crippen LogP contribution in [-0.4, -0.2) is 68.4 Å². The molecule has 1 fully saturated rings. The van der Waals surface area contributed by atoms with E-state index in [1.165, 1.54) is 24.0 Å². The Morgan fingerprint density at radius 2 is 1.54 bits per heavy atom. The molecule has 0 saturated carbocycles. The van der Waals surface area contributed by atoms with Crippen LogP contribution >= 0.6 is 31.3 Å². The number of nitrogens with zero attached hydrogens (tertiary/aromatic N) is 3. The molecule has 0 spiro atoms. The van der Waals surface area contributed by atoms with Gasteiger partial charge in [-0.15, -0.1) is 11.8 Å². The molecule has 52 heavy (non-hydrogen) atoms. The van der Waals surface area contributed by atoms with Gasteiger partial charge in [-0.25, -0.2) is 23.3 Å². The third-order valence-corrected chi connectivity index (χ3v) is 11.6. The summed E-state index contributed by atoms with van der Waals surface area (Å²) in [6.45, 7) is 16.7. The zero-order chi connectivity index (χ0) is 39.1. The molecular weight excluding hydrogens is 737 g/mol. The average molecular weight is 788 g/mol. The maximum Gasteiger partial charge on any atom is 0.530 e. The van der Waals surface area contributed by atoms with Crippen LogP contribution < -0.4 is 15.1 Å². The van der Waals surface area contributed by atoms with Gasteiger partial charge in [0, 0.05) is 28.5 Å². The van der Waals surface area contributed by atoms with Crippen LogP contribution in [0.2, 0.25) is 0 Å². The predicted molar refractivity (Wildman–Crippen MR) is 201 cm³/mol. The number of hydrogen-bond donors (Lipinski definition) is 0. The van der Waals surface area contributed by atoms with E-state index in [9.17, 15) is 23.7 Å². The molecule has 0 radical (unpaired) electrons. The predicted octanol–water partition coefficient (Wildman–Crippen LogP) is 8.81. The van der Waals surface area contributed by atoms with E-state index >= 15 is 4.39 Å². The number of benzene rings is 1. The lowest BCUT2D eigenvalue weighted by Gasteiger charge is -2.28.